The Morgan fingerprint density at radius 1 is 0.913 bits per heavy atom. The number of nitriles is 1. The summed E-state index contributed by atoms with van der Waals surface area (Å²) >= 11 is 0. The Balaban J connectivity index is 1.59. The molecule has 3 rings (SSSR count). The monoisotopic (exact) mass is 308 g/mol. The highest BCUT2D eigenvalue weighted by atomic mass is 16.5. The minimum atomic E-state index is -0.334. The van der Waals surface area contributed by atoms with Crippen molar-refractivity contribution in [2.75, 3.05) is 6.54 Å². The molecule has 4 heteroatoms. The van der Waals surface area contributed by atoms with Crippen LogP contribution in [0.3, 0.4) is 0 Å². The van der Waals surface area contributed by atoms with E-state index in [-0.39, 0.29) is 18.2 Å². The average molecular weight is 308 g/mol. The van der Waals surface area contributed by atoms with Gasteiger partial charge in [-0.25, -0.2) is 0 Å². The Morgan fingerprint density at radius 2 is 1.48 bits per heavy atom. The fraction of sp³-hybridized carbons (Fsp3) is 0.316. The van der Waals surface area contributed by atoms with Gasteiger partial charge in [0, 0.05) is 6.54 Å². The molecule has 118 valence electrons. The van der Waals surface area contributed by atoms with Gasteiger partial charge in [0.15, 0.2) is 0 Å². The first-order valence-corrected chi connectivity index (χ1v) is 7.81. The topological polar surface area (TPSA) is 54.3 Å². The second kappa shape index (κ2) is 7.89. The van der Waals surface area contributed by atoms with Gasteiger partial charge in [-0.15, -0.1) is 0 Å². The summed E-state index contributed by atoms with van der Waals surface area (Å²) in [5, 5.41) is 12.5. The number of benzene rings is 2. The van der Waals surface area contributed by atoms with Crippen molar-refractivity contribution < 1.29 is 9.47 Å². The number of nitrogens with zero attached hydrogens (tertiary/aromatic N) is 1. The first-order chi connectivity index (χ1) is 11.4. The van der Waals surface area contributed by atoms with Crippen LogP contribution in [-0.2, 0) is 22.7 Å². The van der Waals surface area contributed by atoms with E-state index in [4.69, 9.17) is 9.47 Å². The SMILES string of the molecule is N#CC1NC[C@@H](OCc2ccccc2)[C@@H]1OCc1ccccc1. The molecule has 1 aliphatic rings. The summed E-state index contributed by atoms with van der Waals surface area (Å²) in [7, 11) is 0. The molecule has 0 radical (unpaired) electrons. The van der Waals surface area contributed by atoms with Crippen LogP contribution in [0, 0.1) is 11.3 Å². The lowest BCUT2D eigenvalue weighted by molar-refractivity contribution is -0.0649. The van der Waals surface area contributed by atoms with E-state index in [1.807, 2.05) is 60.7 Å². The Morgan fingerprint density at radius 3 is 2.04 bits per heavy atom. The minimum Gasteiger partial charge on any atom is -0.369 e. The van der Waals surface area contributed by atoms with Gasteiger partial charge in [0.1, 0.15) is 12.1 Å². The zero-order chi connectivity index (χ0) is 15.9. The van der Waals surface area contributed by atoms with Crippen LogP contribution in [0.1, 0.15) is 11.1 Å². The standard InChI is InChI=1S/C19H20N2O2/c20-11-17-19(23-14-16-9-5-2-6-10-16)18(12-21-17)22-13-15-7-3-1-4-8-15/h1-10,17-19,21H,12-14H2/t17?,18-,19-/m1/s1. The van der Waals surface area contributed by atoms with Gasteiger partial charge in [-0.05, 0) is 11.1 Å². The quantitative estimate of drug-likeness (QED) is 0.891. The third kappa shape index (κ3) is 4.17. The van der Waals surface area contributed by atoms with Crippen molar-refractivity contribution in [1.82, 2.24) is 5.32 Å². The molecule has 2 aromatic rings. The predicted molar refractivity (Wildman–Crippen MR) is 87.4 cm³/mol. The highest BCUT2D eigenvalue weighted by Crippen LogP contribution is 2.19. The van der Waals surface area contributed by atoms with Gasteiger partial charge in [0.25, 0.3) is 0 Å². The van der Waals surface area contributed by atoms with E-state index >= 15 is 0 Å². The number of rotatable bonds is 6. The lowest BCUT2D eigenvalue weighted by Crippen LogP contribution is -2.35. The van der Waals surface area contributed by atoms with Crippen molar-refractivity contribution in [1.29, 1.82) is 5.26 Å². The van der Waals surface area contributed by atoms with E-state index in [2.05, 4.69) is 11.4 Å². The first-order valence-electron chi connectivity index (χ1n) is 7.81. The maximum absolute atomic E-state index is 9.29. The lowest BCUT2D eigenvalue weighted by atomic mass is 10.1. The van der Waals surface area contributed by atoms with Crippen LogP contribution >= 0.6 is 0 Å². The van der Waals surface area contributed by atoms with Crippen LogP contribution in [0.5, 0.6) is 0 Å². The second-order valence-corrected chi connectivity index (χ2v) is 5.61. The maximum atomic E-state index is 9.29. The van der Waals surface area contributed by atoms with Gasteiger partial charge in [-0.2, -0.15) is 5.26 Å². The molecule has 0 saturated carbocycles. The number of hydrogen-bond donors (Lipinski definition) is 1. The Bertz CT molecular complexity index is 639. The fourth-order valence-corrected chi connectivity index (χ4v) is 2.71. The van der Waals surface area contributed by atoms with Gasteiger partial charge in [-0.1, -0.05) is 60.7 Å². The van der Waals surface area contributed by atoms with Crippen LogP contribution in [0.2, 0.25) is 0 Å². The summed E-state index contributed by atoms with van der Waals surface area (Å²) < 4.78 is 12.0. The van der Waals surface area contributed by atoms with Gasteiger partial charge in [-0.3, -0.25) is 5.32 Å². The molecule has 0 bridgehead atoms. The molecular weight excluding hydrogens is 288 g/mol. The molecule has 0 amide bonds. The molecular formula is C19H20N2O2. The van der Waals surface area contributed by atoms with Crippen LogP contribution in [0.4, 0.5) is 0 Å². The molecule has 1 N–H and O–H groups in total. The molecule has 1 fully saturated rings. The van der Waals surface area contributed by atoms with E-state index in [0.717, 1.165) is 11.1 Å². The lowest BCUT2D eigenvalue weighted by Gasteiger charge is -2.21. The Labute approximate surface area is 136 Å². The molecule has 0 aliphatic carbocycles. The van der Waals surface area contributed by atoms with E-state index in [9.17, 15) is 5.26 Å². The summed E-state index contributed by atoms with van der Waals surface area (Å²) in [5.41, 5.74) is 2.22. The normalized spacial score (nSPS) is 23.5. The molecule has 0 aromatic heterocycles. The van der Waals surface area contributed by atoms with Crippen molar-refractivity contribution in [3.05, 3.63) is 71.8 Å². The predicted octanol–water partition coefficient (Wildman–Crippen LogP) is 2.65. The Hall–Kier alpha value is -2.19. The molecule has 23 heavy (non-hydrogen) atoms. The molecule has 1 heterocycles. The number of hydrogen-bond acceptors (Lipinski definition) is 4. The average Bonchev–Trinajstić information content (AvgIpc) is 3.02. The van der Waals surface area contributed by atoms with Crippen molar-refractivity contribution >= 4 is 0 Å². The van der Waals surface area contributed by atoms with Gasteiger partial charge in [0.2, 0.25) is 0 Å². The van der Waals surface area contributed by atoms with Gasteiger partial charge >= 0.3 is 0 Å². The highest BCUT2D eigenvalue weighted by Gasteiger charge is 2.37. The van der Waals surface area contributed by atoms with Crippen molar-refractivity contribution in [2.45, 2.75) is 31.5 Å². The zero-order valence-corrected chi connectivity index (χ0v) is 12.9. The summed E-state index contributed by atoms with van der Waals surface area (Å²) in [6.45, 7) is 1.64. The summed E-state index contributed by atoms with van der Waals surface area (Å²) in [6, 6.07) is 21.9. The largest absolute Gasteiger partial charge is 0.369 e. The minimum absolute atomic E-state index is 0.122. The van der Waals surface area contributed by atoms with E-state index in [1.54, 1.807) is 0 Å². The van der Waals surface area contributed by atoms with Crippen LogP contribution in [-0.4, -0.2) is 24.8 Å². The number of ether oxygens (including phenoxy) is 2. The van der Waals surface area contributed by atoms with E-state index in [0.29, 0.717) is 19.8 Å². The third-order valence-corrected chi connectivity index (χ3v) is 3.97. The summed E-state index contributed by atoms with van der Waals surface area (Å²) in [4.78, 5) is 0. The highest BCUT2D eigenvalue weighted by molar-refractivity contribution is 5.15. The fourth-order valence-electron chi connectivity index (χ4n) is 2.71. The molecule has 0 spiro atoms. The summed E-state index contributed by atoms with van der Waals surface area (Å²) in [5.74, 6) is 0. The smallest absolute Gasteiger partial charge is 0.124 e. The molecule has 1 unspecified atom stereocenters. The second-order valence-electron chi connectivity index (χ2n) is 5.61. The number of nitrogens with one attached hydrogen (secondary N) is 1. The third-order valence-electron chi connectivity index (χ3n) is 3.97. The van der Waals surface area contributed by atoms with Gasteiger partial charge < -0.3 is 9.47 Å². The first kappa shape index (κ1) is 15.7. The van der Waals surface area contributed by atoms with E-state index < -0.39 is 0 Å². The van der Waals surface area contributed by atoms with Crippen molar-refractivity contribution in [2.24, 2.45) is 0 Å². The molecule has 1 saturated heterocycles. The van der Waals surface area contributed by atoms with Gasteiger partial charge in [0.05, 0.1) is 25.4 Å². The molecule has 1 aliphatic heterocycles. The van der Waals surface area contributed by atoms with Crippen LogP contribution in [0.15, 0.2) is 60.7 Å². The molecule has 3 atom stereocenters. The van der Waals surface area contributed by atoms with Crippen LogP contribution in [0.25, 0.3) is 0 Å². The van der Waals surface area contributed by atoms with Crippen molar-refractivity contribution in [3.8, 4) is 6.07 Å². The van der Waals surface area contributed by atoms with E-state index in [1.165, 1.54) is 0 Å². The Kier molecular flexibility index (Phi) is 5.38. The van der Waals surface area contributed by atoms with Crippen LogP contribution < -0.4 is 5.32 Å². The molecule has 4 nitrogen and oxygen atoms in total. The summed E-state index contributed by atoms with van der Waals surface area (Å²) in [6.07, 6.45) is -0.382. The van der Waals surface area contributed by atoms with Crippen molar-refractivity contribution in [3.63, 3.8) is 0 Å². The maximum Gasteiger partial charge on any atom is 0.124 e. The zero-order valence-electron chi connectivity index (χ0n) is 12.9. The molecule has 2 aromatic carbocycles.